The van der Waals surface area contributed by atoms with E-state index < -0.39 is 5.54 Å². The molecule has 2 aliphatic rings. The predicted octanol–water partition coefficient (Wildman–Crippen LogP) is 1.05. The maximum absolute atomic E-state index is 12.3. The summed E-state index contributed by atoms with van der Waals surface area (Å²) >= 11 is 0. The highest BCUT2D eigenvalue weighted by Crippen LogP contribution is 2.28. The first-order valence-corrected chi connectivity index (χ1v) is 8.68. The van der Waals surface area contributed by atoms with E-state index in [9.17, 15) is 10.1 Å². The number of carbonyl (C=O) groups is 1. The number of amides is 1. The normalized spacial score (nSPS) is 21.5. The number of hydrogen-bond donors (Lipinski definition) is 1. The molecular weight excluding hydrogens is 306 g/mol. The summed E-state index contributed by atoms with van der Waals surface area (Å²) in [7, 11) is 0. The molecule has 0 spiro atoms. The van der Waals surface area contributed by atoms with Gasteiger partial charge in [0.1, 0.15) is 11.3 Å². The number of nitrogens with zero attached hydrogens (tertiary/aromatic N) is 4. The zero-order chi connectivity index (χ0) is 17.0. The Kier molecular flexibility index (Phi) is 5.17. The van der Waals surface area contributed by atoms with Gasteiger partial charge in [0.25, 0.3) is 0 Å². The summed E-state index contributed by atoms with van der Waals surface area (Å²) in [6.07, 6.45) is 3.60. The molecule has 1 aromatic heterocycles. The van der Waals surface area contributed by atoms with Gasteiger partial charge in [-0.15, -0.1) is 0 Å². The van der Waals surface area contributed by atoms with E-state index in [-0.39, 0.29) is 5.91 Å². The van der Waals surface area contributed by atoms with Gasteiger partial charge in [0.2, 0.25) is 5.91 Å². The second kappa shape index (κ2) is 7.32. The molecule has 130 valence electrons. The lowest BCUT2D eigenvalue weighted by atomic mass is 10.00. The molecule has 7 nitrogen and oxygen atoms in total. The first-order valence-electron chi connectivity index (χ1n) is 8.68. The van der Waals surface area contributed by atoms with Crippen LogP contribution in [0.4, 0.5) is 0 Å². The largest absolute Gasteiger partial charge is 0.361 e. The molecule has 1 saturated carbocycles. The summed E-state index contributed by atoms with van der Waals surface area (Å²) in [5, 5.41) is 16.3. The first-order chi connectivity index (χ1) is 11.6. The standard InChI is InChI=1S/C17H25N5O2/c1-14-10-15(20-24-14)11-21-6-8-22(9-7-21)12-16(23)19-17(13-18)4-2-3-5-17/h10H,2-9,11-12H2,1H3,(H,19,23). The number of aryl methyl sites for hydroxylation is 1. The minimum Gasteiger partial charge on any atom is -0.361 e. The third-order valence-electron chi connectivity index (χ3n) is 4.94. The molecule has 0 unspecified atom stereocenters. The number of hydrogen-bond acceptors (Lipinski definition) is 6. The maximum Gasteiger partial charge on any atom is 0.235 e. The minimum atomic E-state index is -0.621. The Bertz CT molecular complexity index is 607. The maximum atomic E-state index is 12.3. The van der Waals surface area contributed by atoms with Crippen LogP contribution in [0.15, 0.2) is 10.6 Å². The van der Waals surface area contributed by atoms with Crippen LogP contribution < -0.4 is 5.32 Å². The summed E-state index contributed by atoms with van der Waals surface area (Å²) in [5.74, 6) is 0.803. The SMILES string of the molecule is Cc1cc(CN2CCN(CC(=O)NC3(C#N)CCCC3)CC2)no1. The van der Waals surface area contributed by atoms with E-state index in [1.165, 1.54) is 0 Å². The molecule has 0 radical (unpaired) electrons. The van der Waals surface area contributed by atoms with Crippen molar-refractivity contribution in [2.24, 2.45) is 0 Å². The molecule has 0 bridgehead atoms. The van der Waals surface area contributed by atoms with Crippen molar-refractivity contribution in [3.8, 4) is 6.07 Å². The van der Waals surface area contributed by atoms with Crippen LogP contribution in [-0.4, -0.2) is 59.1 Å². The van der Waals surface area contributed by atoms with E-state index in [1.807, 2.05) is 13.0 Å². The van der Waals surface area contributed by atoms with Crippen molar-refractivity contribution in [3.63, 3.8) is 0 Å². The van der Waals surface area contributed by atoms with Gasteiger partial charge in [-0.25, -0.2) is 0 Å². The molecular formula is C17H25N5O2. The number of nitriles is 1. The summed E-state index contributed by atoms with van der Waals surface area (Å²) in [5.41, 5.74) is 0.333. The molecule has 1 aliphatic heterocycles. The second-order valence-corrected chi connectivity index (χ2v) is 6.93. The lowest BCUT2D eigenvalue weighted by Gasteiger charge is -2.34. The fraction of sp³-hybridized carbons (Fsp3) is 0.706. The Balaban J connectivity index is 1.42. The van der Waals surface area contributed by atoms with E-state index in [2.05, 4.69) is 26.3 Å². The van der Waals surface area contributed by atoms with Crippen molar-refractivity contribution < 1.29 is 9.32 Å². The van der Waals surface area contributed by atoms with Crippen molar-refractivity contribution in [1.82, 2.24) is 20.3 Å². The molecule has 2 heterocycles. The van der Waals surface area contributed by atoms with Gasteiger partial charge in [0.05, 0.1) is 18.3 Å². The fourth-order valence-corrected chi connectivity index (χ4v) is 3.58. The predicted molar refractivity (Wildman–Crippen MR) is 87.9 cm³/mol. The third kappa shape index (κ3) is 4.13. The quantitative estimate of drug-likeness (QED) is 0.868. The summed E-state index contributed by atoms with van der Waals surface area (Å²) in [6, 6.07) is 4.27. The molecule has 2 fully saturated rings. The van der Waals surface area contributed by atoms with Crippen molar-refractivity contribution in [1.29, 1.82) is 5.26 Å². The van der Waals surface area contributed by atoms with Crippen molar-refractivity contribution >= 4 is 5.91 Å². The molecule has 7 heteroatoms. The Morgan fingerprint density at radius 3 is 2.58 bits per heavy atom. The van der Waals surface area contributed by atoms with Crippen LogP contribution in [0.25, 0.3) is 0 Å². The van der Waals surface area contributed by atoms with Gasteiger partial charge in [0.15, 0.2) is 0 Å². The molecule has 1 aromatic rings. The number of nitrogens with one attached hydrogen (secondary N) is 1. The Labute approximate surface area is 142 Å². The van der Waals surface area contributed by atoms with Gasteiger partial charge in [0, 0.05) is 38.8 Å². The van der Waals surface area contributed by atoms with Crippen LogP contribution >= 0.6 is 0 Å². The van der Waals surface area contributed by atoms with Crippen LogP contribution in [0.2, 0.25) is 0 Å². The van der Waals surface area contributed by atoms with E-state index >= 15 is 0 Å². The molecule has 24 heavy (non-hydrogen) atoms. The van der Waals surface area contributed by atoms with Gasteiger partial charge in [-0.05, 0) is 32.6 Å². The lowest BCUT2D eigenvalue weighted by molar-refractivity contribution is -0.124. The van der Waals surface area contributed by atoms with Crippen LogP contribution in [0.1, 0.15) is 37.1 Å². The summed E-state index contributed by atoms with van der Waals surface area (Å²) in [6.45, 7) is 6.57. The zero-order valence-electron chi connectivity index (χ0n) is 14.3. The average molecular weight is 331 g/mol. The first kappa shape index (κ1) is 16.9. The summed E-state index contributed by atoms with van der Waals surface area (Å²) in [4.78, 5) is 16.7. The van der Waals surface area contributed by atoms with Crippen LogP contribution in [0.5, 0.6) is 0 Å². The highest BCUT2D eigenvalue weighted by atomic mass is 16.5. The Morgan fingerprint density at radius 2 is 2.00 bits per heavy atom. The van der Waals surface area contributed by atoms with Crippen LogP contribution in [-0.2, 0) is 11.3 Å². The minimum absolute atomic E-state index is 0.0287. The molecule has 1 amide bonds. The monoisotopic (exact) mass is 331 g/mol. The molecule has 0 atom stereocenters. The lowest BCUT2D eigenvalue weighted by Crippen LogP contribution is -2.52. The number of rotatable bonds is 5. The van der Waals surface area contributed by atoms with Crippen molar-refractivity contribution in [2.75, 3.05) is 32.7 Å². The molecule has 1 N–H and O–H groups in total. The number of aromatic nitrogens is 1. The van der Waals surface area contributed by atoms with Gasteiger partial charge >= 0.3 is 0 Å². The highest BCUT2D eigenvalue weighted by Gasteiger charge is 2.35. The molecule has 1 saturated heterocycles. The van der Waals surface area contributed by atoms with Crippen LogP contribution in [0, 0.1) is 18.3 Å². The number of piperazine rings is 1. The van der Waals surface area contributed by atoms with E-state index in [4.69, 9.17) is 4.52 Å². The van der Waals surface area contributed by atoms with Crippen molar-refractivity contribution in [3.05, 3.63) is 17.5 Å². The van der Waals surface area contributed by atoms with Gasteiger partial charge in [-0.1, -0.05) is 5.16 Å². The molecule has 0 aromatic carbocycles. The summed E-state index contributed by atoms with van der Waals surface area (Å²) < 4.78 is 5.10. The fourth-order valence-electron chi connectivity index (χ4n) is 3.58. The average Bonchev–Trinajstić information content (AvgIpc) is 3.19. The van der Waals surface area contributed by atoms with Crippen LogP contribution in [0.3, 0.4) is 0 Å². The topological polar surface area (TPSA) is 85.4 Å². The number of carbonyl (C=O) groups excluding carboxylic acids is 1. The zero-order valence-corrected chi connectivity index (χ0v) is 14.3. The van der Waals surface area contributed by atoms with E-state index in [1.54, 1.807) is 0 Å². The van der Waals surface area contributed by atoms with E-state index in [0.29, 0.717) is 6.54 Å². The smallest absolute Gasteiger partial charge is 0.235 e. The Hall–Kier alpha value is -1.91. The highest BCUT2D eigenvalue weighted by molar-refractivity contribution is 5.79. The van der Waals surface area contributed by atoms with Crippen molar-refractivity contribution in [2.45, 2.75) is 44.7 Å². The second-order valence-electron chi connectivity index (χ2n) is 6.93. The van der Waals surface area contributed by atoms with Gasteiger partial charge in [-0.3, -0.25) is 14.6 Å². The van der Waals surface area contributed by atoms with Gasteiger partial charge in [-0.2, -0.15) is 5.26 Å². The Morgan fingerprint density at radius 1 is 1.33 bits per heavy atom. The third-order valence-corrected chi connectivity index (χ3v) is 4.94. The van der Waals surface area contributed by atoms with E-state index in [0.717, 1.165) is 69.9 Å². The van der Waals surface area contributed by atoms with Gasteiger partial charge < -0.3 is 9.84 Å². The molecule has 3 rings (SSSR count). The molecule has 1 aliphatic carbocycles.